The van der Waals surface area contributed by atoms with Crippen molar-refractivity contribution >= 4 is 40.1 Å². The van der Waals surface area contributed by atoms with Crippen LogP contribution in [-0.2, 0) is 0 Å². The number of carbonyl (C=O) groups excluding carboxylic acids is 1. The molecule has 0 fully saturated rings. The van der Waals surface area contributed by atoms with E-state index < -0.39 is 0 Å². The van der Waals surface area contributed by atoms with Gasteiger partial charge < -0.3 is 5.32 Å². The van der Waals surface area contributed by atoms with Crippen LogP contribution in [-0.4, -0.2) is 12.5 Å². The number of nitrogens with one attached hydrogen (secondary N) is 1. The van der Waals surface area contributed by atoms with Crippen LogP contribution in [0, 0.1) is 3.57 Å². The SMILES string of the molecule is CCCCCCNC(=O)c1ccc(I)c(Cl)c1. The van der Waals surface area contributed by atoms with Gasteiger partial charge in [0, 0.05) is 15.7 Å². The van der Waals surface area contributed by atoms with Crippen LogP contribution in [0.1, 0.15) is 43.0 Å². The monoisotopic (exact) mass is 365 g/mol. The lowest BCUT2D eigenvalue weighted by molar-refractivity contribution is 0.0953. The number of hydrogen-bond acceptors (Lipinski definition) is 1. The quantitative estimate of drug-likeness (QED) is 0.592. The predicted octanol–water partition coefficient (Wildman–Crippen LogP) is 4.25. The van der Waals surface area contributed by atoms with Crippen LogP contribution in [0.15, 0.2) is 18.2 Å². The molecule has 4 heteroatoms. The number of benzene rings is 1. The second-order valence-corrected chi connectivity index (χ2v) is 5.51. The van der Waals surface area contributed by atoms with Crippen molar-refractivity contribution in [3.63, 3.8) is 0 Å². The summed E-state index contributed by atoms with van der Waals surface area (Å²) in [4.78, 5) is 11.8. The Bertz CT molecular complexity index is 382. The molecule has 0 aliphatic carbocycles. The Labute approximate surface area is 121 Å². The number of unbranched alkanes of at least 4 members (excludes halogenated alkanes) is 3. The third kappa shape index (κ3) is 5.25. The van der Waals surface area contributed by atoms with Crippen LogP contribution in [0.4, 0.5) is 0 Å². The lowest BCUT2D eigenvalue weighted by atomic mass is 10.2. The van der Waals surface area contributed by atoms with Crippen molar-refractivity contribution in [2.75, 3.05) is 6.54 Å². The van der Waals surface area contributed by atoms with Crippen LogP contribution >= 0.6 is 34.2 Å². The number of halogens is 2. The molecular weight excluding hydrogens is 349 g/mol. The van der Waals surface area contributed by atoms with E-state index >= 15 is 0 Å². The van der Waals surface area contributed by atoms with Gasteiger partial charge >= 0.3 is 0 Å². The van der Waals surface area contributed by atoms with Crippen molar-refractivity contribution in [3.05, 3.63) is 32.4 Å². The highest BCUT2D eigenvalue weighted by Crippen LogP contribution is 2.19. The van der Waals surface area contributed by atoms with Crippen molar-refractivity contribution in [1.82, 2.24) is 5.32 Å². The Balaban J connectivity index is 2.39. The largest absolute Gasteiger partial charge is 0.352 e. The molecule has 0 atom stereocenters. The molecule has 0 bridgehead atoms. The molecule has 0 unspecified atom stereocenters. The van der Waals surface area contributed by atoms with Gasteiger partial charge in [0.25, 0.3) is 5.91 Å². The Morgan fingerprint density at radius 1 is 1.35 bits per heavy atom. The second-order valence-electron chi connectivity index (χ2n) is 3.95. The molecule has 1 aromatic carbocycles. The van der Waals surface area contributed by atoms with Crippen molar-refractivity contribution in [3.8, 4) is 0 Å². The first-order valence-electron chi connectivity index (χ1n) is 5.88. The van der Waals surface area contributed by atoms with Gasteiger partial charge in [-0.1, -0.05) is 37.8 Å². The van der Waals surface area contributed by atoms with E-state index in [1.54, 1.807) is 12.1 Å². The van der Waals surface area contributed by atoms with Crippen molar-refractivity contribution in [1.29, 1.82) is 0 Å². The van der Waals surface area contributed by atoms with Gasteiger partial charge in [-0.2, -0.15) is 0 Å². The predicted molar refractivity (Wildman–Crippen MR) is 80.6 cm³/mol. The van der Waals surface area contributed by atoms with Crippen molar-refractivity contribution in [2.24, 2.45) is 0 Å². The molecule has 0 saturated heterocycles. The molecule has 1 aromatic rings. The van der Waals surface area contributed by atoms with Gasteiger partial charge in [-0.25, -0.2) is 0 Å². The Kier molecular flexibility index (Phi) is 6.89. The average Bonchev–Trinajstić information content (AvgIpc) is 2.32. The maximum atomic E-state index is 11.8. The third-order valence-corrected chi connectivity index (χ3v) is 4.07. The number of carbonyl (C=O) groups is 1. The fraction of sp³-hybridized carbons (Fsp3) is 0.462. The van der Waals surface area contributed by atoms with E-state index in [2.05, 4.69) is 34.8 Å². The van der Waals surface area contributed by atoms with Crippen molar-refractivity contribution in [2.45, 2.75) is 32.6 Å². The van der Waals surface area contributed by atoms with E-state index in [4.69, 9.17) is 11.6 Å². The molecule has 2 nitrogen and oxygen atoms in total. The molecule has 1 amide bonds. The first-order chi connectivity index (χ1) is 8.15. The van der Waals surface area contributed by atoms with Gasteiger partial charge in [0.15, 0.2) is 0 Å². The molecule has 0 spiro atoms. The summed E-state index contributed by atoms with van der Waals surface area (Å²) < 4.78 is 0.962. The molecule has 0 aliphatic rings. The standard InChI is InChI=1S/C13H17ClINO/c1-2-3-4-5-8-16-13(17)10-6-7-12(15)11(14)9-10/h6-7,9H,2-5,8H2,1H3,(H,16,17). The van der Waals surface area contributed by atoms with Crippen LogP contribution in [0.25, 0.3) is 0 Å². The highest BCUT2D eigenvalue weighted by Gasteiger charge is 2.06. The van der Waals surface area contributed by atoms with Gasteiger partial charge in [0.05, 0.1) is 5.02 Å². The van der Waals surface area contributed by atoms with Gasteiger partial charge in [-0.05, 0) is 47.2 Å². The van der Waals surface area contributed by atoms with E-state index in [-0.39, 0.29) is 5.91 Å². The Morgan fingerprint density at radius 2 is 2.12 bits per heavy atom. The zero-order chi connectivity index (χ0) is 12.7. The highest BCUT2D eigenvalue weighted by atomic mass is 127. The number of amides is 1. The minimum absolute atomic E-state index is 0.0419. The summed E-state index contributed by atoms with van der Waals surface area (Å²) >= 11 is 8.12. The molecule has 0 aliphatic heterocycles. The first-order valence-corrected chi connectivity index (χ1v) is 7.34. The van der Waals surface area contributed by atoms with Crippen molar-refractivity contribution < 1.29 is 4.79 Å². The zero-order valence-corrected chi connectivity index (χ0v) is 12.8. The number of rotatable bonds is 6. The van der Waals surface area contributed by atoms with E-state index in [1.807, 2.05) is 6.07 Å². The Morgan fingerprint density at radius 3 is 2.76 bits per heavy atom. The lowest BCUT2D eigenvalue weighted by Gasteiger charge is -2.06. The zero-order valence-electron chi connectivity index (χ0n) is 9.93. The van der Waals surface area contributed by atoms with Gasteiger partial charge in [-0.15, -0.1) is 0 Å². The Hall–Kier alpha value is -0.290. The normalized spacial score (nSPS) is 10.3. The lowest BCUT2D eigenvalue weighted by Crippen LogP contribution is -2.24. The molecule has 0 saturated carbocycles. The molecule has 1 rings (SSSR count). The summed E-state index contributed by atoms with van der Waals surface area (Å²) in [6.07, 6.45) is 4.65. The van der Waals surface area contributed by atoms with Crippen LogP contribution in [0.3, 0.4) is 0 Å². The van der Waals surface area contributed by atoms with E-state index in [1.165, 1.54) is 19.3 Å². The molecule has 1 N–H and O–H groups in total. The smallest absolute Gasteiger partial charge is 0.251 e. The summed E-state index contributed by atoms with van der Waals surface area (Å²) in [6.45, 7) is 2.91. The van der Waals surface area contributed by atoms with E-state index in [9.17, 15) is 4.79 Å². The van der Waals surface area contributed by atoms with Crippen LogP contribution in [0.2, 0.25) is 5.02 Å². The maximum absolute atomic E-state index is 11.8. The third-order valence-electron chi connectivity index (χ3n) is 2.50. The fourth-order valence-corrected chi connectivity index (χ4v) is 2.01. The summed E-state index contributed by atoms with van der Waals surface area (Å²) in [6, 6.07) is 5.37. The topological polar surface area (TPSA) is 29.1 Å². The van der Waals surface area contributed by atoms with Gasteiger partial charge in [0.1, 0.15) is 0 Å². The summed E-state index contributed by atoms with van der Waals surface area (Å²) in [5.74, 6) is -0.0419. The maximum Gasteiger partial charge on any atom is 0.251 e. The first kappa shape index (κ1) is 14.8. The molecular formula is C13H17ClINO. The highest BCUT2D eigenvalue weighted by molar-refractivity contribution is 14.1. The van der Waals surface area contributed by atoms with Gasteiger partial charge in [-0.3, -0.25) is 4.79 Å². The molecule has 17 heavy (non-hydrogen) atoms. The number of hydrogen-bond donors (Lipinski definition) is 1. The van der Waals surface area contributed by atoms with Crippen LogP contribution < -0.4 is 5.32 Å². The average molecular weight is 366 g/mol. The van der Waals surface area contributed by atoms with Crippen LogP contribution in [0.5, 0.6) is 0 Å². The van der Waals surface area contributed by atoms with Gasteiger partial charge in [0.2, 0.25) is 0 Å². The minimum Gasteiger partial charge on any atom is -0.352 e. The molecule has 0 heterocycles. The molecule has 0 radical (unpaired) electrons. The molecule has 0 aromatic heterocycles. The summed E-state index contributed by atoms with van der Waals surface area (Å²) in [7, 11) is 0. The second kappa shape index (κ2) is 7.93. The summed E-state index contributed by atoms with van der Waals surface area (Å²) in [5, 5.41) is 3.53. The minimum atomic E-state index is -0.0419. The summed E-state index contributed by atoms with van der Waals surface area (Å²) in [5.41, 5.74) is 0.630. The van der Waals surface area contributed by atoms with E-state index in [0.717, 1.165) is 16.5 Å². The molecule has 94 valence electrons. The fourth-order valence-electron chi connectivity index (χ4n) is 1.49. The van der Waals surface area contributed by atoms with E-state index in [0.29, 0.717) is 10.6 Å².